The standard InChI is InChI=1S/C18H21F3N4O/c19-14-9-26-6-3-15(14)25-16-7-12-11(8-24-16)1-5-23-17(12)13-2-4-22-10-18(13,20)21/h1,5,7-8,13-15,22H,2-4,6,9-10H2,(H,24,25)/t13-,14+,15+/m0/s1. The van der Waals surface area contributed by atoms with Crippen molar-refractivity contribution in [1.29, 1.82) is 0 Å². The van der Waals surface area contributed by atoms with Crippen LogP contribution in [0.25, 0.3) is 10.8 Å². The third kappa shape index (κ3) is 3.35. The van der Waals surface area contributed by atoms with Crippen LogP contribution < -0.4 is 10.6 Å². The number of fused-ring (bicyclic) bond motifs is 1. The Morgan fingerprint density at radius 3 is 2.96 bits per heavy atom. The minimum Gasteiger partial charge on any atom is -0.378 e. The maximum absolute atomic E-state index is 14.4. The number of nitrogens with zero attached hydrogens (tertiary/aromatic N) is 2. The molecule has 0 saturated carbocycles. The number of nitrogens with one attached hydrogen (secondary N) is 2. The summed E-state index contributed by atoms with van der Waals surface area (Å²) in [5.74, 6) is -3.33. The van der Waals surface area contributed by atoms with Gasteiger partial charge in [0.05, 0.1) is 30.8 Å². The van der Waals surface area contributed by atoms with E-state index in [1.165, 1.54) is 0 Å². The SMILES string of the molecule is F[C@@H]1COCC[C@H]1Nc1cc2c([C@@H]3CCNCC3(F)F)nccc2cn1. The number of anilines is 1. The average molecular weight is 366 g/mol. The lowest BCUT2D eigenvalue weighted by Gasteiger charge is -2.32. The zero-order chi connectivity index (χ0) is 18.1. The van der Waals surface area contributed by atoms with Crippen LogP contribution >= 0.6 is 0 Å². The Morgan fingerprint density at radius 2 is 2.15 bits per heavy atom. The van der Waals surface area contributed by atoms with Gasteiger partial charge in [-0.05, 0) is 31.5 Å². The number of aromatic nitrogens is 2. The summed E-state index contributed by atoms with van der Waals surface area (Å²) in [7, 11) is 0. The minimum absolute atomic E-state index is 0.0549. The second-order valence-corrected chi connectivity index (χ2v) is 6.90. The molecule has 8 heteroatoms. The number of hydrogen-bond donors (Lipinski definition) is 2. The summed E-state index contributed by atoms with van der Waals surface area (Å²) < 4.78 is 47.9. The third-order valence-corrected chi connectivity index (χ3v) is 5.11. The van der Waals surface area contributed by atoms with Crippen molar-refractivity contribution >= 4 is 16.6 Å². The molecule has 4 heterocycles. The molecule has 2 saturated heterocycles. The first-order valence-corrected chi connectivity index (χ1v) is 8.86. The molecule has 2 aliphatic rings. The quantitative estimate of drug-likeness (QED) is 0.875. The van der Waals surface area contributed by atoms with Crippen LogP contribution in [0.5, 0.6) is 0 Å². The Labute approximate surface area is 149 Å². The number of pyridine rings is 2. The fourth-order valence-corrected chi connectivity index (χ4v) is 3.67. The van der Waals surface area contributed by atoms with E-state index >= 15 is 0 Å². The highest BCUT2D eigenvalue weighted by molar-refractivity contribution is 5.86. The molecule has 0 spiro atoms. The molecule has 0 bridgehead atoms. The first kappa shape index (κ1) is 17.5. The van der Waals surface area contributed by atoms with Gasteiger partial charge < -0.3 is 15.4 Å². The summed E-state index contributed by atoms with van der Waals surface area (Å²) in [5, 5.41) is 7.20. The van der Waals surface area contributed by atoms with Crippen LogP contribution in [0.3, 0.4) is 0 Å². The van der Waals surface area contributed by atoms with E-state index in [1.54, 1.807) is 24.5 Å². The summed E-state index contributed by atoms with van der Waals surface area (Å²) in [4.78, 5) is 8.58. The molecule has 26 heavy (non-hydrogen) atoms. The van der Waals surface area contributed by atoms with Crippen molar-refractivity contribution in [3.8, 4) is 0 Å². The average Bonchev–Trinajstić information content (AvgIpc) is 2.63. The number of hydrogen-bond acceptors (Lipinski definition) is 5. The fourth-order valence-electron chi connectivity index (χ4n) is 3.67. The van der Waals surface area contributed by atoms with E-state index < -0.39 is 24.1 Å². The van der Waals surface area contributed by atoms with Crippen LogP contribution in [0.4, 0.5) is 19.0 Å². The predicted octanol–water partition coefficient (Wildman–Crippen LogP) is 2.88. The van der Waals surface area contributed by atoms with Crippen LogP contribution in [-0.4, -0.2) is 54.4 Å². The number of halogens is 3. The molecule has 0 aliphatic carbocycles. The van der Waals surface area contributed by atoms with E-state index in [9.17, 15) is 13.2 Å². The molecular formula is C18H21F3N4O. The van der Waals surface area contributed by atoms with Gasteiger partial charge in [-0.25, -0.2) is 18.2 Å². The largest absolute Gasteiger partial charge is 0.378 e. The van der Waals surface area contributed by atoms with Crippen molar-refractivity contribution in [2.24, 2.45) is 0 Å². The van der Waals surface area contributed by atoms with E-state index in [2.05, 4.69) is 20.6 Å². The van der Waals surface area contributed by atoms with Crippen molar-refractivity contribution in [2.75, 3.05) is 31.6 Å². The molecule has 0 unspecified atom stereocenters. The van der Waals surface area contributed by atoms with Gasteiger partial charge in [0.25, 0.3) is 5.92 Å². The summed E-state index contributed by atoms with van der Waals surface area (Å²) >= 11 is 0. The Kier molecular flexibility index (Phi) is 4.71. The maximum atomic E-state index is 14.4. The molecule has 0 aromatic carbocycles. The smallest absolute Gasteiger partial charge is 0.268 e. The topological polar surface area (TPSA) is 59.1 Å². The Hall–Kier alpha value is -1.93. The number of alkyl halides is 3. The molecular weight excluding hydrogens is 345 g/mol. The van der Waals surface area contributed by atoms with E-state index in [-0.39, 0.29) is 13.2 Å². The van der Waals surface area contributed by atoms with Crippen LogP contribution in [0, 0.1) is 0 Å². The van der Waals surface area contributed by atoms with Crippen molar-refractivity contribution in [2.45, 2.75) is 36.9 Å². The minimum atomic E-state index is -2.86. The second kappa shape index (κ2) is 7.00. The van der Waals surface area contributed by atoms with Crippen molar-refractivity contribution in [1.82, 2.24) is 15.3 Å². The molecule has 2 aromatic heterocycles. The lowest BCUT2D eigenvalue weighted by Crippen LogP contribution is -2.45. The third-order valence-electron chi connectivity index (χ3n) is 5.11. The molecule has 2 N–H and O–H groups in total. The van der Waals surface area contributed by atoms with Crippen LogP contribution in [0.15, 0.2) is 24.5 Å². The zero-order valence-electron chi connectivity index (χ0n) is 14.2. The van der Waals surface area contributed by atoms with E-state index in [0.29, 0.717) is 42.9 Å². The van der Waals surface area contributed by atoms with Gasteiger partial charge in [0.1, 0.15) is 12.0 Å². The van der Waals surface area contributed by atoms with Crippen LogP contribution in [0.1, 0.15) is 24.5 Å². The normalized spacial score (nSPS) is 28.8. The van der Waals surface area contributed by atoms with E-state index in [4.69, 9.17) is 4.74 Å². The van der Waals surface area contributed by atoms with Gasteiger partial charge in [-0.1, -0.05) is 0 Å². The van der Waals surface area contributed by atoms with Crippen LogP contribution in [0.2, 0.25) is 0 Å². The van der Waals surface area contributed by atoms with Gasteiger partial charge in [0.15, 0.2) is 0 Å². The van der Waals surface area contributed by atoms with Crippen LogP contribution in [-0.2, 0) is 4.74 Å². The molecule has 2 fully saturated rings. The van der Waals surface area contributed by atoms with E-state index in [0.717, 1.165) is 5.39 Å². The first-order valence-electron chi connectivity index (χ1n) is 8.86. The molecule has 2 aliphatic heterocycles. The Morgan fingerprint density at radius 1 is 1.27 bits per heavy atom. The predicted molar refractivity (Wildman–Crippen MR) is 92.5 cm³/mol. The van der Waals surface area contributed by atoms with E-state index in [1.807, 2.05) is 0 Å². The number of rotatable bonds is 3. The molecule has 5 nitrogen and oxygen atoms in total. The molecule has 0 amide bonds. The van der Waals surface area contributed by atoms with Crippen molar-refractivity contribution in [3.63, 3.8) is 0 Å². The van der Waals surface area contributed by atoms with Gasteiger partial charge in [-0.15, -0.1) is 0 Å². The highest BCUT2D eigenvalue weighted by Gasteiger charge is 2.43. The second-order valence-electron chi connectivity index (χ2n) is 6.90. The molecule has 3 atom stereocenters. The summed E-state index contributed by atoms with van der Waals surface area (Å²) in [5.41, 5.74) is 0.378. The Bertz CT molecular complexity index is 788. The number of piperidine rings is 1. The first-order chi connectivity index (χ1) is 12.5. The molecule has 0 radical (unpaired) electrons. The highest BCUT2D eigenvalue weighted by atomic mass is 19.3. The lowest BCUT2D eigenvalue weighted by molar-refractivity contribution is -0.0427. The van der Waals surface area contributed by atoms with Gasteiger partial charge in [0.2, 0.25) is 0 Å². The van der Waals surface area contributed by atoms with Gasteiger partial charge in [-0.3, -0.25) is 4.98 Å². The highest BCUT2D eigenvalue weighted by Crippen LogP contribution is 2.39. The summed E-state index contributed by atoms with van der Waals surface area (Å²) in [6.45, 7) is 0.719. The maximum Gasteiger partial charge on any atom is 0.268 e. The summed E-state index contributed by atoms with van der Waals surface area (Å²) in [6, 6.07) is 3.06. The lowest BCUT2D eigenvalue weighted by atomic mass is 9.88. The Balaban J connectivity index is 1.68. The van der Waals surface area contributed by atoms with Gasteiger partial charge in [-0.2, -0.15) is 0 Å². The number of ether oxygens (including phenoxy) is 1. The summed E-state index contributed by atoms with van der Waals surface area (Å²) in [6.07, 6.45) is 2.89. The van der Waals surface area contributed by atoms with Crippen molar-refractivity contribution < 1.29 is 17.9 Å². The molecule has 2 aromatic rings. The molecule has 140 valence electrons. The zero-order valence-corrected chi connectivity index (χ0v) is 14.2. The van der Waals surface area contributed by atoms with Crippen molar-refractivity contribution in [3.05, 3.63) is 30.2 Å². The van der Waals surface area contributed by atoms with Gasteiger partial charge >= 0.3 is 0 Å². The fraction of sp³-hybridized carbons (Fsp3) is 0.556. The monoisotopic (exact) mass is 366 g/mol. The van der Waals surface area contributed by atoms with Gasteiger partial charge in [0, 0.05) is 29.8 Å². The molecule has 4 rings (SSSR count).